The van der Waals surface area contributed by atoms with E-state index in [0.29, 0.717) is 28.7 Å². The molecule has 0 spiro atoms. The van der Waals surface area contributed by atoms with Gasteiger partial charge in [-0.15, -0.1) is 11.3 Å². The normalized spacial score (nSPS) is 10.6. The average Bonchev–Trinajstić information content (AvgIpc) is 3.27. The summed E-state index contributed by atoms with van der Waals surface area (Å²) in [5.41, 5.74) is 1.07. The van der Waals surface area contributed by atoms with Crippen LogP contribution in [0.15, 0.2) is 29.6 Å². The molecule has 1 aromatic heterocycles. The predicted molar refractivity (Wildman–Crippen MR) is 132 cm³/mol. The van der Waals surface area contributed by atoms with Crippen LogP contribution in [-0.2, 0) is 20.7 Å². The minimum Gasteiger partial charge on any atom is -0.497 e. The van der Waals surface area contributed by atoms with Crippen LogP contribution in [0.4, 0.5) is 5.13 Å². The first-order valence-electron chi connectivity index (χ1n) is 11.4. The highest BCUT2D eigenvalue weighted by Crippen LogP contribution is 2.17. The fourth-order valence-electron chi connectivity index (χ4n) is 3.32. The van der Waals surface area contributed by atoms with E-state index in [0.717, 1.165) is 25.9 Å². The largest absolute Gasteiger partial charge is 0.497 e. The number of anilines is 1. The van der Waals surface area contributed by atoms with Crippen molar-refractivity contribution in [3.63, 3.8) is 0 Å². The number of thiazole rings is 1. The Morgan fingerprint density at radius 3 is 2.26 bits per heavy atom. The van der Waals surface area contributed by atoms with Crippen LogP contribution in [0.1, 0.15) is 42.7 Å². The van der Waals surface area contributed by atoms with Crippen molar-refractivity contribution in [3.05, 3.63) is 40.9 Å². The molecule has 1 N–H and O–H groups in total. The molecule has 0 aliphatic rings. The second-order valence-corrected chi connectivity index (χ2v) is 8.56. The minimum absolute atomic E-state index is 0.0303. The van der Waals surface area contributed by atoms with E-state index in [1.807, 2.05) is 18.7 Å². The van der Waals surface area contributed by atoms with E-state index < -0.39 is 0 Å². The number of rotatable bonds is 14. The van der Waals surface area contributed by atoms with Crippen LogP contribution in [-0.4, -0.2) is 79.5 Å². The minimum atomic E-state index is -0.371. The van der Waals surface area contributed by atoms with Crippen molar-refractivity contribution in [2.24, 2.45) is 0 Å². The van der Waals surface area contributed by atoms with Crippen molar-refractivity contribution >= 4 is 34.2 Å². The zero-order valence-corrected chi connectivity index (χ0v) is 21.2. The van der Waals surface area contributed by atoms with Crippen LogP contribution in [0.5, 0.6) is 5.75 Å². The highest BCUT2D eigenvalue weighted by Gasteiger charge is 2.20. The van der Waals surface area contributed by atoms with Gasteiger partial charge in [-0.05, 0) is 37.1 Å². The average molecular weight is 491 g/mol. The smallest absolute Gasteiger partial charge is 0.254 e. The molecule has 0 radical (unpaired) electrons. The Balaban J connectivity index is 1.99. The maximum absolute atomic E-state index is 12.9. The van der Waals surface area contributed by atoms with Gasteiger partial charge in [0, 0.05) is 37.7 Å². The highest BCUT2D eigenvalue weighted by molar-refractivity contribution is 7.13. The number of carbonyl (C=O) groups excluding carboxylic acids is 3. The van der Waals surface area contributed by atoms with Crippen molar-refractivity contribution in [2.75, 3.05) is 52.3 Å². The predicted octanol–water partition coefficient (Wildman–Crippen LogP) is 3.07. The van der Waals surface area contributed by atoms with Gasteiger partial charge in [-0.2, -0.15) is 0 Å². The SMILES string of the molecule is CCCN(CCC)C(=O)Cc1csc(NC(=O)CN(CCOC)C(=O)c2ccc(OC)cc2)n1. The molecule has 0 bridgehead atoms. The van der Waals surface area contributed by atoms with E-state index in [1.165, 1.54) is 23.3 Å². The first-order valence-corrected chi connectivity index (χ1v) is 12.2. The molecule has 3 amide bonds. The molecular formula is C24H34N4O5S. The van der Waals surface area contributed by atoms with Crippen LogP contribution < -0.4 is 10.1 Å². The molecular weight excluding hydrogens is 456 g/mol. The lowest BCUT2D eigenvalue weighted by Gasteiger charge is -2.22. The lowest BCUT2D eigenvalue weighted by Crippen LogP contribution is -2.40. The lowest BCUT2D eigenvalue weighted by atomic mass is 10.2. The maximum Gasteiger partial charge on any atom is 0.254 e. The van der Waals surface area contributed by atoms with Gasteiger partial charge in [0.2, 0.25) is 11.8 Å². The van der Waals surface area contributed by atoms with Gasteiger partial charge in [-0.25, -0.2) is 4.98 Å². The van der Waals surface area contributed by atoms with Crippen LogP contribution in [0, 0.1) is 0 Å². The Bertz CT molecular complexity index is 926. The molecule has 9 nitrogen and oxygen atoms in total. The molecule has 1 aromatic carbocycles. The molecule has 2 rings (SSSR count). The Labute approximate surface area is 205 Å². The zero-order chi connectivity index (χ0) is 24.9. The molecule has 34 heavy (non-hydrogen) atoms. The van der Waals surface area contributed by atoms with Gasteiger partial charge < -0.3 is 24.6 Å². The van der Waals surface area contributed by atoms with E-state index in [1.54, 1.807) is 36.8 Å². The first-order chi connectivity index (χ1) is 16.4. The summed E-state index contributed by atoms with van der Waals surface area (Å²) in [7, 11) is 3.09. The first kappa shape index (κ1) is 27.3. The van der Waals surface area contributed by atoms with Crippen molar-refractivity contribution in [1.82, 2.24) is 14.8 Å². The fourth-order valence-corrected chi connectivity index (χ4v) is 4.04. The molecule has 2 aromatic rings. The van der Waals surface area contributed by atoms with E-state index >= 15 is 0 Å². The number of nitrogens with zero attached hydrogens (tertiary/aromatic N) is 3. The summed E-state index contributed by atoms with van der Waals surface area (Å²) < 4.78 is 10.2. The summed E-state index contributed by atoms with van der Waals surface area (Å²) >= 11 is 1.26. The van der Waals surface area contributed by atoms with E-state index in [9.17, 15) is 14.4 Å². The number of aromatic nitrogens is 1. The number of ether oxygens (including phenoxy) is 2. The third-order valence-electron chi connectivity index (χ3n) is 4.99. The Morgan fingerprint density at radius 2 is 1.68 bits per heavy atom. The van der Waals surface area contributed by atoms with Crippen LogP contribution in [0.25, 0.3) is 0 Å². The second-order valence-electron chi connectivity index (χ2n) is 7.70. The molecule has 0 unspecified atom stereocenters. The molecule has 0 aliphatic carbocycles. The van der Waals surface area contributed by atoms with E-state index in [2.05, 4.69) is 10.3 Å². The van der Waals surface area contributed by atoms with Gasteiger partial charge in [0.05, 0.1) is 25.8 Å². The Hall–Kier alpha value is -2.98. The Kier molecular flexibility index (Phi) is 11.5. The van der Waals surface area contributed by atoms with Gasteiger partial charge in [0.1, 0.15) is 12.3 Å². The molecule has 10 heteroatoms. The molecule has 1 heterocycles. The van der Waals surface area contributed by atoms with Gasteiger partial charge in [-0.3, -0.25) is 14.4 Å². The van der Waals surface area contributed by atoms with Gasteiger partial charge in [-0.1, -0.05) is 13.8 Å². The van der Waals surface area contributed by atoms with Crippen LogP contribution in [0.2, 0.25) is 0 Å². The third-order valence-corrected chi connectivity index (χ3v) is 5.80. The summed E-state index contributed by atoms with van der Waals surface area (Å²) in [6, 6.07) is 6.71. The molecule has 0 atom stereocenters. The van der Waals surface area contributed by atoms with Crippen molar-refractivity contribution < 1.29 is 23.9 Å². The summed E-state index contributed by atoms with van der Waals surface area (Å²) in [5.74, 6) is 0.0157. The summed E-state index contributed by atoms with van der Waals surface area (Å²) in [6.45, 7) is 5.94. The molecule has 0 saturated carbocycles. The van der Waals surface area contributed by atoms with Gasteiger partial charge >= 0.3 is 0 Å². The summed E-state index contributed by atoms with van der Waals surface area (Å²) in [6.07, 6.45) is 2.00. The Morgan fingerprint density at radius 1 is 1.00 bits per heavy atom. The van der Waals surface area contributed by atoms with E-state index in [-0.39, 0.29) is 37.2 Å². The van der Waals surface area contributed by atoms with Crippen LogP contribution >= 0.6 is 11.3 Å². The van der Waals surface area contributed by atoms with Crippen molar-refractivity contribution in [3.8, 4) is 5.75 Å². The monoisotopic (exact) mass is 490 g/mol. The molecule has 0 saturated heterocycles. The number of amides is 3. The maximum atomic E-state index is 12.9. The molecule has 0 aliphatic heterocycles. The third kappa shape index (κ3) is 8.42. The number of nitrogens with one attached hydrogen (secondary N) is 1. The highest BCUT2D eigenvalue weighted by atomic mass is 32.1. The van der Waals surface area contributed by atoms with Crippen molar-refractivity contribution in [1.29, 1.82) is 0 Å². The van der Waals surface area contributed by atoms with Crippen molar-refractivity contribution in [2.45, 2.75) is 33.1 Å². The molecule has 186 valence electrons. The van der Waals surface area contributed by atoms with Crippen LogP contribution in [0.3, 0.4) is 0 Å². The number of hydrogen-bond donors (Lipinski definition) is 1. The lowest BCUT2D eigenvalue weighted by molar-refractivity contribution is -0.130. The van der Waals surface area contributed by atoms with Gasteiger partial charge in [0.25, 0.3) is 5.91 Å². The molecule has 0 fully saturated rings. The number of benzene rings is 1. The summed E-state index contributed by atoms with van der Waals surface area (Å²) in [4.78, 5) is 45.8. The fraction of sp³-hybridized carbons (Fsp3) is 0.500. The van der Waals surface area contributed by atoms with E-state index in [4.69, 9.17) is 9.47 Å². The number of methoxy groups -OCH3 is 2. The summed E-state index contributed by atoms with van der Waals surface area (Å²) in [5, 5.41) is 4.91. The topological polar surface area (TPSA) is 101 Å². The zero-order valence-electron chi connectivity index (χ0n) is 20.3. The quantitative estimate of drug-likeness (QED) is 0.437. The number of hydrogen-bond acceptors (Lipinski definition) is 7. The standard InChI is InChI=1S/C24H34N4O5S/c1-5-11-27(12-6-2)22(30)15-19-17-34-24(25-19)26-21(29)16-28(13-14-32-3)23(31)18-7-9-20(33-4)10-8-18/h7-10,17H,5-6,11-16H2,1-4H3,(H,25,26,29). The number of carbonyl (C=O) groups is 3. The second kappa shape index (κ2) is 14.3. The van der Waals surface area contributed by atoms with Gasteiger partial charge in [0.15, 0.2) is 5.13 Å².